The lowest BCUT2D eigenvalue weighted by Gasteiger charge is -2.24. The number of hydrogen-bond acceptors (Lipinski definition) is 0. The summed E-state index contributed by atoms with van der Waals surface area (Å²) in [5, 5.41) is 0. The highest BCUT2D eigenvalue weighted by Gasteiger charge is 2.15. The topological polar surface area (TPSA) is 0 Å². The van der Waals surface area contributed by atoms with Crippen LogP contribution in [0.5, 0.6) is 0 Å². The van der Waals surface area contributed by atoms with Gasteiger partial charge in [0, 0.05) is 0 Å². The van der Waals surface area contributed by atoms with E-state index in [0.717, 1.165) is 5.92 Å². The summed E-state index contributed by atoms with van der Waals surface area (Å²) in [5.74, 6) is 1.12. The maximum atomic E-state index is 2.44. The van der Waals surface area contributed by atoms with Crippen LogP contribution in [-0.2, 0) is 0 Å². The molecule has 0 N–H and O–H groups in total. The minimum atomic E-state index is 1.12. The van der Waals surface area contributed by atoms with E-state index in [9.17, 15) is 0 Å². The van der Waals surface area contributed by atoms with Gasteiger partial charge < -0.3 is 0 Å². The van der Waals surface area contributed by atoms with Gasteiger partial charge in [0.15, 0.2) is 0 Å². The Balaban J connectivity index is 1.66. The Hall–Kier alpha value is -0.260. The molecule has 1 rings (SSSR count). The van der Waals surface area contributed by atoms with Crippen LogP contribution < -0.4 is 0 Å². The molecular formula is C24H46. The predicted octanol–water partition coefficient (Wildman–Crippen LogP) is 8.99. The van der Waals surface area contributed by atoms with Gasteiger partial charge in [0.2, 0.25) is 0 Å². The normalized spacial score (nSPS) is 15.2. The van der Waals surface area contributed by atoms with Gasteiger partial charge in [-0.05, 0) is 31.6 Å². The number of rotatable bonds is 18. The van der Waals surface area contributed by atoms with Crippen LogP contribution in [-0.4, -0.2) is 0 Å². The average Bonchev–Trinajstić information content (AvgIpc) is 2.55. The van der Waals surface area contributed by atoms with E-state index in [0.29, 0.717) is 0 Å². The predicted molar refractivity (Wildman–Crippen MR) is 111 cm³/mol. The first-order valence-electron chi connectivity index (χ1n) is 11.6. The first kappa shape index (κ1) is 21.8. The summed E-state index contributed by atoms with van der Waals surface area (Å²) in [6, 6.07) is 0. The van der Waals surface area contributed by atoms with Crippen LogP contribution in [0, 0.1) is 5.92 Å². The van der Waals surface area contributed by atoms with Crippen LogP contribution >= 0.6 is 0 Å². The Morgan fingerprint density at radius 2 is 1.04 bits per heavy atom. The fourth-order valence-corrected chi connectivity index (χ4v) is 3.82. The molecular weight excluding hydrogens is 288 g/mol. The Bertz CT molecular complexity index is 261. The van der Waals surface area contributed by atoms with E-state index < -0.39 is 0 Å². The summed E-state index contributed by atoms with van der Waals surface area (Å²) in [6.07, 6.45) is 33.9. The van der Waals surface area contributed by atoms with Gasteiger partial charge in [-0.2, -0.15) is 0 Å². The molecule has 0 heteroatoms. The summed E-state index contributed by atoms with van der Waals surface area (Å²) in [6.45, 7) is 2.29. The highest BCUT2D eigenvalue weighted by Crippen LogP contribution is 2.31. The van der Waals surface area contributed by atoms with Crippen molar-refractivity contribution in [1.82, 2.24) is 0 Å². The summed E-state index contributed by atoms with van der Waals surface area (Å²) in [4.78, 5) is 0. The SMILES string of the molecule is CCCCCCCCCC=CCCCCCCCCCC1CCC1. The van der Waals surface area contributed by atoms with Gasteiger partial charge in [-0.1, -0.05) is 122 Å². The average molecular weight is 335 g/mol. The van der Waals surface area contributed by atoms with E-state index in [1.807, 2.05) is 0 Å². The van der Waals surface area contributed by atoms with Crippen LogP contribution in [0.15, 0.2) is 12.2 Å². The first-order valence-corrected chi connectivity index (χ1v) is 11.6. The highest BCUT2D eigenvalue weighted by atomic mass is 14.2. The fraction of sp³-hybridized carbons (Fsp3) is 0.917. The summed E-state index contributed by atoms with van der Waals surface area (Å²) in [5.41, 5.74) is 0. The molecule has 1 fully saturated rings. The standard InChI is InChI=1S/C24H46/c1-2-3-4-5-6-7-8-9-10-11-12-13-14-15-16-17-18-19-21-24-22-20-23-24/h10-11,24H,2-9,12-23H2,1H3. The molecule has 0 aromatic carbocycles. The van der Waals surface area contributed by atoms with Crippen molar-refractivity contribution in [3.63, 3.8) is 0 Å². The molecule has 1 aliphatic carbocycles. The Morgan fingerprint density at radius 3 is 1.50 bits per heavy atom. The van der Waals surface area contributed by atoms with Crippen molar-refractivity contribution in [3.8, 4) is 0 Å². The van der Waals surface area contributed by atoms with Crippen molar-refractivity contribution in [2.45, 2.75) is 135 Å². The van der Waals surface area contributed by atoms with E-state index in [4.69, 9.17) is 0 Å². The zero-order chi connectivity index (χ0) is 17.1. The Labute approximate surface area is 153 Å². The van der Waals surface area contributed by atoms with Crippen molar-refractivity contribution >= 4 is 0 Å². The summed E-state index contributed by atoms with van der Waals surface area (Å²) >= 11 is 0. The van der Waals surface area contributed by atoms with Gasteiger partial charge in [-0.3, -0.25) is 0 Å². The van der Waals surface area contributed by atoms with Gasteiger partial charge in [-0.15, -0.1) is 0 Å². The van der Waals surface area contributed by atoms with Crippen molar-refractivity contribution < 1.29 is 0 Å². The van der Waals surface area contributed by atoms with Gasteiger partial charge in [-0.25, -0.2) is 0 Å². The largest absolute Gasteiger partial charge is 0.0885 e. The molecule has 0 saturated heterocycles. The Morgan fingerprint density at radius 1 is 0.583 bits per heavy atom. The van der Waals surface area contributed by atoms with Gasteiger partial charge >= 0.3 is 0 Å². The molecule has 0 radical (unpaired) electrons. The molecule has 0 bridgehead atoms. The molecule has 24 heavy (non-hydrogen) atoms. The third kappa shape index (κ3) is 14.1. The maximum Gasteiger partial charge on any atom is -0.0351 e. The fourth-order valence-electron chi connectivity index (χ4n) is 3.82. The number of hydrogen-bond donors (Lipinski definition) is 0. The quantitative estimate of drug-likeness (QED) is 0.173. The van der Waals surface area contributed by atoms with Crippen molar-refractivity contribution in [2.75, 3.05) is 0 Å². The zero-order valence-corrected chi connectivity index (χ0v) is 16.9. The lowest BCUT2D eigenvalue weighted by molar-refractivity contribution is 0.286. The molecule has 1 aliphatic rings. The molecule has 0 aromatic heterocycles. The van der Waals surface area contributed by atoms with Crippen LogP contribution in [0.25, 0.3) is 0 Å². The second-order valence-electron chi connectivity index (χ2n) is 8.23. The van der Waals surface area contributed by atoms with Crippen LogP contribution in [0.2, 0.25) is 0 Å². The molecule has 1 saturated carbocycles. The third-order valence-corrected chi connectivity index (χ3v) is 5.85. The molecule has 0 aliphatic heterocycles. The molecule has 0 unspecified atom stereocenters. The maximum absolute atomic E-state index is 2.44. The number of allylic oxidation sites excluding steroid dienone is 2. The molecule has 0 amide bonds. The molecule has 0 spiro atoms. The van der Waals surface area contributed by atoms with E-state index >= 15 is 0 Å². The van der Waals surface area contributed by atoms with Crippen molar-refractivity contribution in [1.29, 1.82) is 0 Å². The number of unbranched alkanes of at least 4 members (excludes halogenated alkanes) is 14. The highest BCUT2D eigenvalue weighted by molar-refractivity contribution is 4.81. The van der Waals surface area contributed by atoms with E-state index in [1.54, 1.807) is 0 Å². The second kappa shape index (κ2) is 17.6. The van der Waals surface area contributed by atoms with E-state index in [-0.39, 0.29) is 0 Å². The van der Waals surface area contributed by atoms with Gasteiger partial charge in [0.1, 0.15) is 0 Å². The van der Waals surface area contributed by atoms with Gasteiger partial charge in [0.05, 0.1) is 0 Å². The minimum absolute atomic E-state index is 1.12. The summed E-state index contributed by atoms with van der Waals surface area (Å²) in [7, 11) is 0. The molecule has 0 nitrogen and oxygen atoms in total. The van der Waals surface area contributed by atoms with Crippen molar-refractivity contribution in [3.05, 3.63) is 12.2 Å². The van der Waals surface area contributed by atoms with Gasteiger partial charge in [0.25, 0.3) is 0 Å². The van der Waals surface area contributed by atoms with Crippen LogP contribution in [0.4, 0.5) is 0 Å². The lowest BCUT2D eigenvalue weighted by atomic mass is 9.81. The second-order valence-corrected chi connectivity index (χ2v) is 8.23. The minimum Gasteiger partial charge on any atom is -0.0885 e. The van der Waals surface area contributed by atoms with E-state index in [1.165, 1.54) is 128 Å². The molecule has 0 atom stereocenters. The third-order valence-electron chi connectivity index (χ3n) is 5.85. The molecule has 0 heterocycles. The molecule has 142 valence electrons. The van der Waals surface area contributed by atoms with Crippen molar-refractivity contribution in [2.24, 2.45) is 5.92 Å². The Kier molecular flexibility index (Phi) is 15.9. The van der Waals surface area contributed by atoms with Crippen LogP contribution in [0.3, 0.4) is 0 Å². The van der Waals surface area contributed by atoms with E-state index in [2.05, 4.69) is 19.1 Å². The monoisotopic (exact) mass is 334 g/mol. The van der Waals surface area contributed by atoms with Crippen LogP contribution in [0.1, 0.15) is 135 Å². The zero-order valence-electron chi connectivity index (χ0n) is 16.9. The molecule has 0 aromatic rings. The summed E-state index contributed by atoms with van der Waals surface area (Å²) < 4.78 is 0. The smallest absolute Gasteiger partial charge is 0.0351 e. The lowest BCUT2D eigenvalue weighted by Crippen LogP contribution is -2.10. The first-order chi connectivity index (χ1) is 11.9.